The maximum atomic E-state index is 11.5. The van der Waals surface area contributed by atoms with Gasteiger partial charge in [0.1, 0.15) is 6.61 Å². The van der Waals surface area contributed by atoms with Gasteiger partial charge in [-0.1, -0.05) is 11.6 Å². The second-order valence-electron chi connectivity index (χ2n) is 3.20. The second-order valence-corrected chi connectivity index (χ2v) is 4.46. The Labute approximate surface area is 101 Å². The molecule has 0 radical (unpaired) electrons. The van der Waals surface area contributed by atoms with Crippen molar-refractivity contribution in [2.24, 2.45) is 0 Å². The molecule has 3 nitrogen and oxygen atoms in total. The molecule has 1 aromatic carbocycles. The topological polar surface area (TPSA) is 29.5 Å². The summed E-state index contributed by atoms with van der Waals surface area (Å²) in [6.45, 7) is 1.32. The molecule has 0 spiro atoms. The van der Waals surface area contributed by atoms with Crippen molar-refractivity contribution in [3.8, 4) is 0 Å². The molecule has 1 aliphatic heterocycles. The third kappa shape index (κ3) is 2.33. The number of rotatable bonds is 1. The molecule has 1 saturated heterocycles. The predicted octanol–water partition coefficient (Wildman–Crippen LogP) is 2.47. The molecule has 0 atom stereocenters. The molecule has 0 unspecified atom stereocenters. The van der Waals surface area contributed by atoms with Gasteiger partial charge in [0, 0.05) is 16.7 Å². The molecule has 1 heterocycles. The molecule has 1 amide bonds. The second kappa shape index (κ2) is 4.51. The van der Waals surface area contributed by atoms with Crippen molar-refractivity contribution in [2.75, 3.05) is 24.7 Å². The van der Waals surface area contributed by atoms with Crippen molar-refractivity contribution in [3.63, 3.8) is 0 Å². The van der Waals surface area contributed by atoms with Crippen LogP contribution in [0.15, 0.2) is 22.7 Å². The van der Waals surface area contributed by atoms with Crippen LogP contribution in [0.2, 0.25) is 5.02 Å². The van der Waals surface area contributed by atoms with Crippen molar-refractivity contribution in [1.82, 2.24) is 0 Å². The Morgan fingerprint density at radius 2 is 2.27 bits per heavy atom. The number of ether oxygens (including phenoxy) is 1. The van der Waals surface area contributed by atoms with Crippen LogP contribution in [0.4, 0.5) is 5.69 Å². The maximum Gasteiger partial charge on any atom is 0.253 e. The van der Waals surface area contributed by atoms with Crippen LogP contribution in [0.5, 0.6) is 0 Å². The molecule has 0 saturated carbocycles. The lowest BCUT2D eigenvalue weighted by atomic mass is 10.2. The fraction of sp³-hybridized carbons (Fsp3) is 0.300. The van der Waals surface area contributed by atoms with Crippen molar-refractivity contribution < 1.29 is 9.53 Å². The van der Waals surface area contributed by atoms with E-state index in [1.165, 1.54) is 0 Å². The lowest BCUT2D eigenvalue weighted by Gasteiger charge is -2.27. The highest BCUT2D eigenvalue weighted by Crippen LogP contribution is 2.28. The summed E-state index contributed by atoms with van der Waals surface area (Å²) in [6.07, 6.45) is 0. The lowest BCUT2D eigenvalue weighted by Crippen LogP contribution is -2.41. The van der Waals surface area contributed by atoms with Crippen molar-refractivity contribution in [2.45, 2.75) is 0 Å². The van der Waals surface area contributed by atoms with Crippen LogP contribution in [-0.2, 0) is 9.53 Å². The van der Waals surface area contributed by atoms with E-state index in [1.807, 2.05) is 12.1 Å². The average molecular weight is 291 g/mol. The van der Waals surface area contributed by atoms with E-state index in [-0.39, 0.29) is 12.5 Å². The van der Waals surface area contributed by atoms with Crippen molar-refractivity contribution in [1.29, 1.82) is 0 Å². The minimum absolute atomic E-state index is 0.0181. The molecule has 0 aromatic heterocycles. The van der Waals surface area contributed by atoms with Crippen molar-refractivity contribution in [3.05, 3.63) is 27.7 Å². The molecule has 2 rings (SSSR count). The Balaban J connectivity index is 2.28. The highest BCUT2D eigenvalue weighted by molar-refractivity contribution is 9.10. The standard InChI is InChI=1S/C10H9BrClNO2/c11-8-5-7(1-2-9(8)12)13-3-4-15-6-10(13)14/h1-2,5H,3-4,6H2. The van der Waals surface area contributed by atoms with Gasteiger partial charge < -0.3 is 9.64 Å². The Morgan fingerprint density at radius 1 is 1.47 bits per heavy atom. The van der Waals surface area contributed by atoms with E-state index in [4.69, 9.17) is 16.3 Å². The van der Waals surface area contributed by atoms with E-state index in [0.717, 1.165) is 10.2 Å². The van der Waals surface area contributed by atoms with Gasteiger partial charge in [-0.2, -0.15) is 0 Å². The first kappa shape index (κ1) is 10.9. The molecule has 0 bridgehead atoms. The van der Waals surface area contributed by atoms with E-state index in [1.54, 1.807) is 11.0 Å². The normalized spacial score (nSPS) is 16.9. The van der Waals surface area contributed by atoms with E-state index < -0.39 is 0 Å². The number of hydrogen-bond donors (Lipinski definition) is 0. The van der Waals surface area contributed by atoms with Crippen LogP contribution >= 0.6 is 27.5 Å². The van der Waals surface area contributed by atoms with E-state index in [0.29, 0.717) is 18.2 Å². The Hall–Kier alpha value is -0.580. The fourth-order valence-electron chi connectivity index (χ4n) is 1.44. The molecular formula is C10H9BrClNO2. The molecule has 15 heavy (non-hydrogen) atoms. The highest BCUT2D eigenvalue weighted by Gasteiger charge is 2.20. The number of benzene rings is 1. The first-order valence-electron chi connectivity index (χ1n) is 4.51. The van der Waals surface area contributed by atoms with Gasteiger partial charge in [0.2, 0.25) is 0 Å². The summed E-state index contributed by atoms with van der Waals surface area (Å²) in [5, 5.41) is 0.638. The summed E-state index contributed by atoms with van der Waals surface area (Å²) < 4.78 is 5.85. The smallest absolute Gasteiger partial charge is 0.253 e. The summed E-state index contributed by atoms with van der Waals surface area (Å²) in [4.78, 5) is 13.2. The Kier molecular flexibility index (Phi) is 3.29. The molecule has 80 valence electrons. The maximum absolute atomic E-state index is 11.5. The lowest BCUT2D eigenvalue weighted by molar-refractivity contribution is -0.125. The fourth-order valence-corrected chi connectivity index (χ4v) is 1.93. The summed E-state index contributed by atoms with van der Waals surface area (Å²) in [7, 11) is 0. The highest BCUT2D eigenvalue weighted by atomic mass is 79.9. The summed E-state index contributed by atoms with van der Waals surface area (Å²) >= 11 is 9.21. The Bertz CT molecular complexity index is 397. The number of amides is 1. The van der Waals surface area contributed by atoms with Crippen molar-refractivity contribution >= 4 is 39.1 Å². The molecular weight excluding hydrogens is 281 g/mol. The number of nitrogens with zero attached hydrogens (tertiary/aromatic N) is 1. The minimum atomic E-state index is -0.0181. The molecule has 1 aromatic rings. The third-order valence-electron chi connectivity index (χ3n) is 2.20. The summed E-state index contributed by atoms with van der Waals surface area (Å²) in [5.41, 5.74) is 0.847. The van der Waals surface area contributed by atoms with E-state index >= 15 is 0 Å². The van der Waals surface area contributed by atoms with Gasteiger partial charge in [0.05, 0.1) is 11.6 Å². The number of anilines is 1. The molecule has 0 N–H and O–H groups in total. The number of carbonyl (C=O) groups excluding carboxylic acids is 1. The van der Waals surface area contributed by atoms with Gasteiger partial charge in [-0.3, -0.25) is 4.79 Å². The Morgan fingerprint density at radius 3 is 2.93 bits per heavy atom. The first-order valence-corrected chi connectivity index (χ1v) is 5.69. The molecule has 0 aliphatic carbocycles. The molecule has 1 aliphatic rings. The van der Waals surface area contributed by atoms with Gasteiger partial charge in [0.15, 0.2) is 0 Å². The number of morpholine rings is 1. The zero-order chi connectivity index (χ0) is 10.8. The first-order chi connectivity index (χ1) is 7.18. The average Bonchev–Trinajstić information content (AvgIpc) is 2.23. The van der Waals surface area contributed by atoms with Crippen LogP contribution in [0.3, 0.4) is 0 Å². The zero-order valence-electron chi connectivity index (χ0n) is 7.87. The zero-order valence-corrected chi connectivity index (χ0v) is 10.2. The molecule has 1 fully saturated rings. The largest absolute Gasteiger partial charge is 0.370 e. The quantitative estimate of drug-likeness (QED) is 0.795. The number of halogens is 2. The van der Waals surface area contributed by atoms with Crippen LogP contribution in [0.25, 0.3) is 0 Å². The van der Waals surface area contributed by atoms with Gasteiger partial charge in [-0.05, 0) is 34.1 Å². The van der Waals surface area contributed by atoms with Gasteiger partial charge in [-0.15, -0.1) is 0 Å². The predicted molar refractivity (Wildman–Crippen MR) is 62.3 cm³/mol. The van der Waals surface area contributed by atoms with E-state index in [2.05, 4.69) is 15.9 Å². The summed E-state index contributed by atoms with van der Waals surface area (Å²) in [6, 6.07) is 5.44. The van der Waals surface area contributed by atoms with Crippen LogP contribution in [0.1, 0.15) is 0 Å². The van der Waals surface area contributed by atoms with Gasteiger partial charge >= 0.3 is 0 Å². The molecule has 5 heteroatoms. The van der Waals surface area contributed by atoms with Gasteiger partial charge in [0.25, 0.3) is 5.91 Å². The number of carbonyl (C=O) groups is 1. The minimum Gasteiger partial charge on any atom is -0.370 e. The summed E-state index contributed by atoms with van der Waals surface area (Å²) in [5.74, 6) is -0.0181. The number of hydrogen-bond acceptors (Lipinski definition) is 2. The SMILES string of the molecule is O=C1COCCN1c1ccc(Cl)c(Br)c1. The van der Waals surface area contributed by atoms with Gasteiger partial charge in [-0.25, -0.2) is 0 Å². The monoisotopic (exact) mass is 289 g/mol. The third-order valence-corrected chi connectivity index (χ3v) is 3.41. The van der Waals surface area contributed by atoms with Crippen LogP contribution in [-0.4, -0.2) is 25.7 Å². The van der Waals surface area contributed by atoms with Crippen LogP contribution in [0, 0.1) is 0 Å². The van der Waals surface area contributed by atoms with E-state index in [9.17, 15) is 4.79 Å². The van der Waals surface area contributed by atoms with Crippen LogP contribution < -0.4 is 4.90 Å².